The van der Waals surface area contributed by atoms with Gasteiger partial charge in [0.15, 0.2) is 9.84 Å². The zero-order valence-electron chi connectivity index (χ0n) is 15.3. The molecule has 0 fully saturated rings. The fourth-order valence-corrected chi connectivity index (χ4v) is 4.69. The van der Waals surface area contributed by atoms with Gasteiger partial charge >= 0.3 is 11.1 Å². The third-order valence-electron chi connectivity index (χ3n) is 4.46. The molecule has 2 aromatic heterocycles. The van der Waals surface area contributed by atoms with E-state index in [1.54, 1.807) is 0 Å². The Hall–Kier alpha value is -2.72. The van der Waals surface area contributed by atoms with Gasteiger partial charge in [0.25, 0.3) is 0 Å². The van der Waals surface area contributed by atoms with Crippen LogP contribution in [0.3, 0.4) is 0 Å². The zero-order valence-corrected chi connectivity index (χ0v) is 17.0. The SMILES string of the molecule is Cn1c(=O)c(=O)n(C)c2cc(S(=O)(=O)CCC(=O)NCc3cccs3)ccc21. The van der Waals surface area contributed by atoms with Gasteiger partial charge in [0.1, 0.15) is 0 Å². The Labute approximate surface area is 165 Å². The zero-order chi connectivity index (χ0) is 20.5. The summed E-state index contributed by atoms with van der Waals surface area (Å²) in [6.45, 7) is 0.364. The van der Waals surface area contributed by atoms with Crippen LogP contribution in [0.15, 0.2) is 50.2 Å². The lowest BCUT2D eigenvalue weighted by Gasteiger charge is -2.11. The number of thiophene rings is 1. The molecule has 1 aromatic carbocycles. The topological polar surface area (TPSA) is 107 Å². The average Bonchev–Trinajstić information content (AvgIpc) is 3.20. The molecule has 0 aliphatic heterocycles. The number of hydrogen-bond acceptors (Lipinski definition) is 6. The molecule has 8 nitrogen and oxygen atoms in total. The van der Waals surface area contributed by atoms with Crippen LogP contribution in [0.2, 0.25) is 0 Å². The molecule has 1 amide bonds. The number of benzene rings is 1. The van der Waals surface area contributed by atoms with E-state index in [2.05, 4.69) is 5.32 Å². The lowest BCUT2D eigenvalue weighted by molar-refractivity contribution is -0.120. The molecule has 0 atom stereocenters. The van der Waals surface area contributed by atoms with Crippen molar-refractivity contribution in [1.82, 2.24) is 14.5 Å². The highest BCUT2D eigenvalue weighted by Gasteiger charge is 2.19. The number of fused-ring (bicyclic) bond motifs is 1. The molecule has 0 unspecified atom stereocenters. The van der Waals surface area contributed by atoms with Crippen molar-refractivity contribution in [3.8, 4) is 0 Å². The molecular formula is C18H19N3O5S2. The number of nitrogens with zero attached hydrogens (tertiary/aromatic N) is 2. The van der Waals surface area contributed by atoms with Crippen LogP contribution in [-0.4, -0.2) is 29.2 Å². The number of rotatable bonds is 6. The van der Waals surface area contributed by atoms with Gasteiger partial charge < -0.3 is 14.5 Å². The van der Waals surface area contributed by atoms with Crippen molar-refractivity contribution in [3.05, 3.63) is 61.3 Å². The molecule has 3 aromatic rings. The molecule has 0 saturated heterocycles. The number of nitrogens with one attached hydrogen (secondary N) is 1. The maximum atomic E-state index is 12.6. The first-order valence-corrected chi connectivity index (χ1v) is 11.0. The molecule has 1 N–H and O–H groups in total. The minimum atomic E-state index is -3.73. The van der Waals surface area contributed by atoms with E-state index in [0.29, 0.717) is 17.6 Å². The fraction of sp³-hybridized carbons (Fsp3) is 0.278. The van der Waals surface area contributed by atoms with E-state index in [-0.39, 0.29) is 23.0 Å². The van der Waals surface area contributed by atoms with E-state index < -0.39 is 21.0 Å². The normalized spacial score (nSPS) is 11.6. The number of hydrogen-bond donors (Lipinski definition) is 1. The summed E-state index contributed by atoms with van der Waals surface area (Å²) in [7, 11) is -0.859. The van der Waals surface area contributed by atoms with Crippen molar-refractivity contribution in [2.45, 2.75) is 17.9 Å². The van der Waals surface area contributed by atoms with Gasteiger partial charge in [0, 0.05) is 25.4 Å². The first-order chi connectivity index (χ1) is 13.2. The molecule has 0 aliphatic carbocycles. The van der Waals surface area contributed by atoms with Crippen LogP contribution >= 0.6 is 11.3 Å². The van der Waals surface area contributed by atoms with Crippen molar-refractivity contribution in [2.24, 2.45) is 14.1 Å². The van der Waals surface area contributed by atoms with Crippen LogP contribution < -0.4 is 16.4 Å². The van der Waals surface area contributed by atoms with E-state index in [9.17, 15) is 22.8 Å². The molecule has 2 heterocycles. The minimum absolute atomic E-state index is 0.000272. The van der Waals surface area contributed by atoms with E-state index >= 15 is 0 Å². The Balaban J connectivity index is 1.79. The van der Waals surface area contributed by atoms with Crippen LogP contribution in [0, 0.1) is 0 Å². The van der Waals surface area contributed by atoms with Gasteiger partial charge in [-0.25, -0.2) is 8.42 Å². The van der Waals surface area contributed by atoms with Gasteiger partial charge in [-0.15, -0.1) is 11.3 Å². The number of sulfone groups is 1. The van der Waals surface area contributed by atoms with Crippen LogP contribution in [0.25, 0.3) is 11.0 Å². The van der Waals surface area contributed by atoms with Gasteiger partial charge in [-0.3, -0.25) is 14.4 Å². The predicted octanol–water partition coefficient (Wildman–Crippen LogP) is 0.779. The molecule has 0 aliphatic rings. The minimum Gasteiger partial charge on any atom is -0.351 e. The first-order valence-electron chi connectivity index (χ1n) is 8.42. The Morgan fingerprint density at radius 3 is 2.39 bits per heavy atom. The lowest BCUT2D eigenvalue weighted by Crippen LogP contribution is -2.39. The van der Waals surface area contributed by atoms with Crippen molar-refractivity contribution >= 4 is 38.1 Å². The number of aryl methyl sites for hydroxylation is 2. The number of aromatic nitrogens is 2. The first kappa shape index (κ1) is 20.0. The Bertz CT molecular complexity index is 1250. The summed E-state index contributed by atoms with van der Waals surface area (Å²) in [6, 6.07) is 7.98. The van der Waals surface area contributed by atoms with E-state index in [1.807, 2.05) is 17.5 Å². The quantitative estimate of drug-likeness (QED) is 0.592. The van der Waals surface area contributed by atoms with Crippen molar-refractivity contribution < 1.29 is 13.2 Å². The molecule has 148 valence electrons. The van der Waals surface area contributed by atoms with E-state index in [1.165, 1.54) is 48.2 Å². The number of carbonyl (C=O) groups is 1. The van der Waals surface area contributed by atoms with Gasteiger partial charge in [-0.2, -0.15) is 0 Å². The monoisotopic (exact) mass is 421 g/mol. The maximum Gasteiger partial charge on any atom is 0.316 e. The second-order valence-corrected chi connectivity index (χ2v) is 9.45. The summed E-state index contributed by atoms with van der Waals surface area (Å²) >= 11 is 1.51. The summed E-state index contributed by atoms with van der Waals surface area (Å²) in [5.41, 5.74) is -0.652. The van der Waals surface area contributed by atoms with Crippen LogP contribution in [0.5, 0.6) is 0 Å². The van der Waals surface area contributed by atoms with Crippen molar-refractivity contribution in [1.29, 1.82) is 0 Å². The Kier molecular flexibility index (Phi) is 5.52. The summed E-state index contributed by atoms with van der Waals surface area (Å²) < 4.78 is 27.6. The third kappa shape index (κ3) is 3.92. The molecule has 10 heteroatoms. The molecule has 0 saturated carbocycles. The highest BCUT2D eigenvalue weighted by atomic mass is 32.2. The lowest BCUT2D eigenvalue weighted by atomic mass is 10.3. The summed E-state index contributed by atoms with van der Waals surface area (Å²) in [5, 5.41) is 4.59. The summed E-state index contributed by atoms with van der Waals surface area (Å²) in [4.78, 5) is 36.8. The van der Waals surface area contributed by atoms with E-state index in [0.717, 1.165) is 9.44 Å². The Morgan fingerprint density at radius 2 is 1.75 bits per heavy atom. The van der Waals surface area contributed by atoms with Crippen molar-refractivity contribution in [3.63, 3.8) is 0 Å². The molecule has 3 rings (SSSR count). The molecule has 0 bridgehead atoms. The second kappa shape index (κ2) is 7.72. The van der Waals surface area contributed by atoms with Gasteiger partial charge in [-0.1, -0.05) is 6.07 Å². The average molecular weight is 422 g/mol. The smallest absolute Gasteiger partial charge is 0.316 e. The van der Waals surface area contributed by atoms with Crippen LogP contribution in [-0.2, 0) is 35.3 Å². The third-order valence-corrected chi connectivity index (χ3v) is 7.05. The van der Waals surface area contributed by atoms with Gasteiger partial charge in [0.2, 0.25) is 5.91 Å². The molecule has 28 heavy (non-hydrogen) atoms. The number of amides is 1. The highest BCUT2D eigenvalue weighted by Crippen LogP contribution is 2.18. The fourth-order valence-electron chi connectivity index (χ4n) is 2.79. The highest BCUT2D eigenvalue weighted by molar-refractivity contribution is 7.91. The van der Waals surface area contributed by atoms with E-state index in [4.69, 9.17) is 0 Å². The number of carbonyl (C=O) groups excluding carboxylic acids is 1. The van der Waals surface area contributed by atoms with Gasteiger partial charge in [0.05, 0.1) is 28.2 Å². The largest absolute Gasteiger partial charge is 0.351 e. The van der Waals surface area contributed by atoms with Gasteiger partial charge in [-0.05, 0) is 29.6 Å². The van der Waals surface area contributed by atoms with Crippen molar-refractivity contribution in [2.75, 3.05) is 5.75 Å². The molecular weight excluding hydrogens is 402 g/mol. The second-order valence-electron chi connectivity index (χ2n) is 6.30. The molecule has 0 radical (unpaired) electrons. The molecule has 0 spiro atoms. The van der Waals surface area contributed by atoms with Crippen LogP contribution in [0.1, 0.15) is 11.3 Å². The summed E-state index contributed by atoms with van der Waals surface area (Å²) in [6.07, 6.45) is -0.169. The summed E-state index contributed by atoms with van der Waals surface area (Å²) in [5.74, 6) is -0.707. The van der Waals surface area contributed by atoms with Crippen LogP contribution in [0.4, 0.5) is 0 Å². The predicted molar refractivity (Wildman–Crippen MR) is 107 cm³/mol. The Morgan fingerprint density at radius 1 is 1.07 bits per heavy atom. The maximum absolute atomic E-state index is 12.6. The standard InChI is InChI=1S/C18H19N3O5S2/c1-20-14-6-5-13(10-15(14)21(2)18(24)17(20)23)28(25,26)9-7-16(22)19-11-12-4-3-8-27-12/h3-6,8,10H,7,9,11H2,1-2H3,(H,19,22).